The zero-order chi connectivity index (χ0) is 13.7. The first-order chi connectivity index (χ1) is 9.16. The first-order valence-electron chi connectivity index (χ1n) is 5.28. The van der Waals surface area contributed by atoms with Crippen LogP contribution in [-0.2, 0) is 11.3 Å². The Labute approximate surface area is 107 Å². The standard InChI is InChI=1S/C10H11N7O2/c11-10-14-15-16-17(10)6-9(19)13-12-5-7-3-1-2-4-8(7)18/h1-5,18H,6H2,(H,13,19)(H2,11,14,16)/b12-5-. The summed E-state index contributed by atoms with van der Waals surface area (Å²) in [6.45, 7) is -0.142. The number of nitrogens with two attached hydrogens (primary N) is 1. The summed E-state index contributed by atoms with van der Waals surface area (Å²) in [4.78, 5) is 11.5. The summed E-state index contributed by atoms with van der Waals surface area (Å²) < 4.78 is 1.13. The third kappa shape index (κ3) is 3.25. The average molecular weight is 261 g/mol. The largest absolute Gasteiger partial charge is 0.507 e. The summed E-state index contributed by atoms with van der Waals surface area (Å²) >= 11 is 0. The molecule has 98 valence electrons. The topological polar surface area (TPSA) is 131 Å². The molecule has 0 aliphatic carbocycles. The van der Waals surface area contributed by atoms with E-state index in [9.17, 15) is 9.90 Å². The van der Waals surface area contributed by atoms with E-state index in [1.807, 2.05) is 0 Å². The molecule has 0 bridgehead atoms. The van der Waals surface area contributed by atoms with Crippen molar-refractivity contribution in [1.82, 2.24) is 25.6 Å². The molecule has 2 rings (SSSR count). The Morgan fingerprint density at radius 2 is 2.32 bits per heavy atom. The van der Waals surface area contributed by atoms with E-state index in [4.69, 9.17) is 5.73 Å². The van der Waals surface area contributed by atoms with Crippen LogP contribution >= 0.6 is 0 Å². The summed E-state index contributed by atoms with van der Waals surface area (Å²) in [5.41, 5.74) is 8.17. The van der Waals surface area contributed by atoms with Crippen LogP contribution in [-0.4, -0.2) is 37.4 Å². The fraction of sp³-hybridized carbons (Fsp3) is 0.100. The van der Waals surface area contributed by atoms with E-state index in [0.717, 1.165) is 4.68 Å². The molecule has 0 spiro atoms. The summed E-state index contributed by atoms with van der Waals surface area (Å²) in [5, 5.41) is 23.4. The summed E-state index contributed by atoms with van der Waals surface area (Å²) in [7, 11) is 0. The van der Waals surface area contributed by atoms with E-state index in [2.05, 4.69) is 26.1 Å². The SMILES string of the molecule is Nc1nnnn1CC(=O)N/N=C\c1ccccc1O. The van der Waals surface area contributed by atoms with Gasteiger partial charge in [0.2, 0.25) is 5.95 Å². The number of amides is 1. The summed E-state index contributed by atoms with van der Waals surface area (Å²) in [5.74, 6) is -0.323. The number of nitrogens with one attached hydrogen (secondary N) is 1. The van der Waals surface area contributed by atoms with Gasteiger partial charge in [0.15, 0.2) is 0 Å². The number of rotatable bonds is 4. The van der Waals surface area contributed by atoms with Crippen molar-refractivity contribution in [2.45, 2.75) is 6.54 Å². The van der Waals surface area contributed by atoms with Crippen molar-refractivity contribution in [2.24, 2.45) is 5.10 Å². The number of benzene rings is 1. The first kappa shape index (κ1) is 12.5. The molecular formula is C10H11N7O2. The fourth-order valence-electron chi connectivity index (χ4n) is 1.27. The zero-order valence-electron chi connectivity index (χ0n) is 9.76. The van der Waals surface area contributed by atoms with Gasteiger partial charge in [-0.1, -0.05) is 17.2 Å². The number of carbonyl (C=O) groups is 1. The molecule has 1 aromatic carbocycles. The molecule has 0 atom stereocenters. The van der Waals surface area contributed by atoms with Crippen LogP contribution in [0.15, 0.2) is 29.4 Å². The summed E-state index contributed by atoms with van der Waals surface area (Å²) in [6.07, 6.45) is 1.33. The Balaban J connectivity index is 1.91. The molecule has 1 amide bonds. The van der Waals surface area contributed by atoms with Crippen LogP contribution in [0.4, 0.5) is 5.95 Å². The second-order valence-corrected chi connectivity index (χ2v) is 3.55. The highest BCUT2D eigenvalue weighted by atomic mass is 16.3. The van der Waals surface area contributed by atoms with Gasteiger partial charge in [0.05, 0.1) is 6.21 Å². The van der Waals surface area contributed by atoms with Crippen LogP contribution in [0.1, 0.15) is 5.56 Å². The van der Waals surface area contributed by atoms with E-state index in [1.165, 1.54) is 12.3 Å². The lowest BCUT2D eigenvalue weighted by Gasteiger charge is -2.00. The number of tetrazole rings is 1. The highest BCUT2D eigenvalue weighted by Crippen LogP contribution is 2.12. The number of hydrogen-bond donors (Lipinski definition) is 3. The van der Waals surface area contributed by atoms with Crippen molar-refractivity contribution in [3.8, 4) is 5.75 Å². The molecule has 0 unspecified atom stereocenters. The maximum Gasteiger partial charge on any atom is 0.261 e. The number of nitrogens with zero attached hydrogens (tertiary/aromatic N) is 5. The smallest absolute Gasteiger partial charge is 0.261 e. The Kier molecular flexibility index (Phi) is 3.67. The van der Waals surface area contributed by atoms with Crippen LogP contribution < -0.4 is 11.2 Å². The van der Waals surface area contributed by atoms with Gasteiger partial charge in [-0.2, -0.15) is 5.10 Å². The van der Waals surface area contributed by atoms with Crippen LogP contribution in [0.3, 0.4) is 0 Å². The Morgan fingerprint density at radius 1 is 1.53 bits per heavy atom. The normalized spacial score (nSPS) is 10.7. The zero-order valence-corrected chi connectivity index (χ0v) is 9.76. The molecule has 2 aromatic rings. The number of anilines is 1. The van der Waals surface area contributed by atoms with E-state index in [-0.39, 0.29) is 18.2 Å². The maximum absolute atomic E-state index is 11.5. The molecule has 1 aromatic heterocycles. The van der Waals surface area contributed by atoms with E-state index in [1.54, 1.807) is 18.2 Å². The van der Waals surface area contributed by atoms with E-state index >= 15 is 0 Å². The van der Waals surface area contributed by atoms with Crippen molar-refractivity contribution in [2.75, 3.05) is 5.73 Å². The number of aromatic nitrogens is 4. The fourth-order valence-corrected chi connectivity index (χ4v) is 1.27. The van der Waals surface area contributed by atoms with Crippen molar-refractivity contribution in [3.05, 3.63) is 29.8 Å². The van der Waals surface area contributed by atoms with Crippen molar-refractivity contribution < 1.29 is 9.90 Å². The number of phenols is 1. The highest BCUT2D eigenvalue weighted by molar-refractivity contribution is 5.84. The summed E-state index contributed by atoms with van der Waals surface area (Å²) in [6, 6.07) is 6.60. The number of aromatic hydroxyl groups is 1. The predicted molar refractivity (Wildman–Crippen MR) is 66.1 cm³/mol. The minimum absolute atomic E-state index is 0.0415. The van der Waals surface area contributed by atoms with Crippen molar-refractivity contribution in [1.29, 1.82) is 0 Å². The number of hydrazone groups is 1. The molecule has 0 aliphatic heterocycles. The lowest BCUT2D eigenvalue weighted by Crippen LogP contribution is -2.24. The molecule has 4 N–H and O–H groups in total. The molecule has 1 heterocycles. The molecule has 0 fully saturated rings. The minimum atomic E-state index is -0.439. The molecule has 0 aliphatic rings. The van der Waals surface area contributed by atoms with Gasteiger partial charge in [0.25, 0.3) is 5.91 Å². The molecule has 0 saturated heterocycles. The quantitative estimate of drug-likeness (QED) is 0.483. The first-order valence-corrected chi connectivity index (χ1v) is 5.28. The monoisotopic (exact) mass is 261 g/mol. The van der Waals surface area contributed by atoms with E-state index < -0.39 is 5.91 Å². The lowest BCUT2D eigenvalue weighted by molar-refractivity contribution is -0.121. The van der Waals surface area contributed by atoms with Gasteiger partial charge < -0.3 is 10.8 Å². The van der Waals surface area contributed by atoms with Crippen LogP contribution in [0, 0.1) is 0 Å². The Hall–Kier alpha value is -2.97. The van der Waals surface area contributed by atoms with E-state index in [0.29, 0.717) is 5.56 Å². The van der Waals surface area contributed by atoms with Crippen molar-refractivity contribution >= 4 is 18.1 Å². The predicted octanol–water partition coefficient (Wildman–Crippen LogP) is -0.889. The van der Waals surface area contributed by atoms with Gasteiger partial charge in [0.1, 0.15) is 12.3 Å². The second kappa shape index (κ2) is 5.58. The van der Waals surface area contributed by atoms with Crippen LogP contribution in [0.2, 0.25) is 0 Å². The third-order valence-corrected chi connectivity index (χ3v) is 2.18. The van der Waals surface area contributed by atoms with Gasteiger partial charge in [-0.25, -0.2) is 10.1 Å². The van der Waals surface area contributed by atoms with Gasteiger partial charge in [-0.05, 0) is 22.6 Å². The average Bonchev–Trinajstić information content (AvgIpc) is 2.77. The van der Waals surface area contributed by atoms with Crippen LogP contribution in [0.25, 0.3) is 0 Å². The van der Waals surface area contributed by atoms with Crippen molar-refractivity contribution in [3.63, 3.8) is 0 Å². The second-order valence-electron chi connectivity index (χ2n) is 3.55. The number of nitrogen functional groups attached to an aromatic ring is 1. The molecule has 9 heteroatoms. The molecule has 0 saturated carbocycles. The molecular weight excluding hydrogens is 250 g/mol. The number of carbonyl (C=O) groups excluding carboxylic acids is 1. The Bertz CT molecular complexity index is 607. The van der Waals surface area contributed by atoms with Gasteiger partial charge in [-0.3, -0.25) is 4.79 Å². The highest BCUT2D eigenvalue weighted by Gasteiger charge is 2.06. The van der Waals surface area contributed by atoms with Gasteiger partial charge in [-0.15, -0.1) is 0 Å². The maximum atomic E-state index is 11.5. The minimum Gasteiger partial charge on any atom is -0.507 e. The number of para-hydroxylation sites is 1. The number of hydrogen-bond acceptors (Lipinski definition) is 7. The molecule has 19 heavy (non-hydrogen) atoms. The lowest BCUT2D eigenvalue weighted by atomic mass is 10.2. The Morgan fingerprint density at radius 3 is 3.00 bits per heavy atom. The molecule has 9 nitrogen and oxygen atoms in total. The number of phenolic OH excluding ortho intramolecular Hbond substituents is 1. The van der Waals surface area contributed by atoms with Crippen LogP contribution in [0.5, 0.6) is 5.75 Å². The molecule has 0 radical (unpaired) electrons. The van der Waals surface area contributed by atoms with Gasteiger partial charge in [0, 0.05) is 5.56 Å². The van der Waals surface area contributed by atoms with Gasteiger partial charge >= 0.3 is 0 Å². The third-order valence-electron chi connectivity index (χ3n) is 2.18.